The van der Waals surface area contributed by atoms with Crippen LogP contribution in [0.4, 0.5) is 0 Å². The summed E-state index contributed by atoms with van der Waals surface area (Å²) in [6.07, 6.45) is 2.25. The number of rotatable bonds is 5. The highest BCUT2D eigenvalue weighted by Crippen LogP contribution is 2.45. The maximum atomic E-state index is 13.5. The highest BCUT2D eigenvalue weighted by molar-refractivity contribution is 5.98. The third-order valence-electron chi connectivity index (χ3n) is 8.29. The number of aromatic nitrogens is 2. The molecule has 15 heteroatoms. The molecule has 40 heavy (non-hydrogen) atoms. The van der Waals surface area contributed by atoms with Gasteiger partial charge >= 0.3 is 0 Å². The first-order chi connectivity index (χ1) is 19.0. The minimum absolute atomic E-state index is 0.0270. The van der Waals surface area contributed by atoms with Crippen molar-refractivity contribution in [2.24, 2.45) is 21.5 Å². The lowest BCUT2D eigenvalue weighted by molar-refractivity contribution is -0.230. The average Bonchev–Trinajstić information content (AvgIpc) is 3.61. The first kappa shape index (κ1) is 25.9. The quantitative estimate of drug-likeness (QED) is 0.185. The van der Waals surface area contributed by atoms with Crippen molar-refractivity contribution in [1.29, 1.82) is 0 Å². The Morgan fingerprint density at radius 2 is 2.00 bits per heavy atom. The molecule has 212 valence electrons. The standard InChI is InChI=1S/C25H32N10O5/c1-23(2)7-9-40-17-12(4-3-5-13(17)23)19(36)31-16-11-35-22(27)30-15(10-28-20(37)14-6-8-29-34-14)18-24(35,25(16,38)39)33-21(26)32-18/h3-6,8,15-16,18,38-39H,7,9-11H2,1-2H3,(H2,27,30)(H,28,37)(H,29,34)(H,31,36)(H3,26,32,33)/t15-,16?,18-,24-/m0/s1. The maximum absolute atomic E-state index is 13.5. The molecule has 0 radical (unpaired) electrons. The number of H-pyrrole nitrogens is 1. The number of hydrogen-bond acceptors (Lipinski definition) is 12. The van der Waals surface area contributed by atoms with E-state index in [9.17, 15) is 19.8 Å². The number of aliphatic hydroxyl groups is 2. The Kier molecular flexibility index (Phi) is 5.71. The van der Waals surface area contributed by atoms with Gasteiger partial charge in [-0.15, -0.1) is 0 Å². The van der Waals surface area contributed by atoms with Crippen LogP contribution in [-0.2, 0) is 5.41 Å². The summed E-state index contributed by atoms with van der Waals surface area (Å²) < 4.78 is 5.89. The first-order valence-electron chi connectivity index (χ1n) is 13.0. The normalized spacial score (nSPS) is 29.1. The van der Waals surface area contributed by atoms with Crippen molar-refractivity contribution >= 4 is 23.7 Å². The number of aromatic amines is 1. The van der Waals surface area contributed by atoms with Gasteiger partial charge in [-0.3, -0.25) is 14.7 Å². The van der Waals surface area contributed by atoms with Crippen molar-refractivity contribution in [3.05, 3.63) is 47.3 Å². The van der Waals surface area contributed by atoms with Crippen LogP contribution in [0.1, 0.15) is 46.7 Å². The molecule has 2 amide bonds. The summed E-state index contributed by atoms with van der Waals surface area (Å²) in [6, 6.07) is 3.86. The van der Waals surface area contributed by atoms with Crippen molar-refractivity contribution in [1.82, 2.24) is 31.0 Å². The third-order valence-corrected chi connectivity index (χ3v) is 8.29. The topological polar surface area (TPSA) is 229 Å². The molecule has 0 saturated carbocycles. The molecular formula is C25H32N10O5. The van der Waals surface area contributed by atoms with Gasteiger partial charge < -0.3 is 47.3 Å². The molecular weight excluding hydrogens is 520 g/mol. The lowest BCUT2D eigenvalue weighted by Crippen LogP contribution is -2.78. The van der Waals surface area contributed by atoms with Crippen LogP contribution >= 0.6 is 0 Å². The number of hydrogen-bond donors (Lipinski definition) is 8. The third kappa shape index (κ3) is 3.68. The number of nitrogens with two attached hydrogens (primary N) is 2. The predicted octanol–water partition coefficient (Wildman–Crippen LogP) is -2.33. The zero-order valence-electron chi connectivity index (χ0n) is 22.0. The summed E-state index contributed by atoms with van der Waals surface area (Å²) in [5.74, 6) is -3.19. The fourth-order valence-corrected chi connectivity index (χ4v) is 6.11. The minimum atomic E-state index is -2.61. The highest BCUT2D eigenvalue weighted by Gasteiger charge is 2.73. The van der Waals surface area contributed by atoms with Crippen molar-refractivity contribution in [2.75, 3.05) is 19.7 Å². The van der Waals surface area contributed by atoms with E-state index < -0.39 is 41.4 Å². The van der Waals surface area contributed by atoms with Crippen LogP contribution in [0.25, 0.3) is 0 Å². The fourth-order valence-electron chi connectivity index (χ4n) is 6.11. The number of para-hydroxylation sites is 1. The molecule has 1 saturated heterocycles. The molecule has 1 fully saturated rings. The molecule has 5 heterocycles. The number of nitrogens with one attached hydrogen (secondary N) is 4. The summed E-state index contributed by atoms with van der Waals surface area (Å²) >= 11 is 0. The number of benzene rings is 1. The number of carbonyl (C=O) groups excluding carboxylic acids is 2. The van der Waals surface area contributed by atoms with Crippen molar-refractivity contribution in [3.8, 4) is 5.75 Å². The van der Waals surface area contributed by atoms with E-state index in [0.717, 1.165) is 12.0 Å². The fraction of sp³-hybridized carbons (Fsp3) is 0.480. The monoisotopic (exact) mass is 552 g/mol. The second-order valence-corrected chi connectivity index (χ2v) is 11.1. The van der Waals surface area contributed by atoms with Crippen LogP contribution in [0.3, 0.4) is 0 Å². The van der Waals surface area contributed by atoms with Gasteiger partial charge in [0.05, 0.1) is 18.2 Å². The molecule has 1 aromatic carbocycles. The van der Waals surface area contributed by atoms with Gasteiger partial charge in [0.25, 0.3) is 11.8 Å². The molecule has 6 rings (SSSR count). The smallest absolute Gasteiger partial charge is 0.269 e. The lowest BCUT2D eigenvalue weighted by Gasteiger charge is -2.49. The van der Waals surface area contributed by atoms with E-state index in [4.69, 9.17) is 16.2 Å². The minimum Gasteiger partial charge on any atom is -0.492 e. The predicted molar refractivity (Wildman–Crippen MR) is 142 cm³/mol. The van der Waals surface area contributed by atoms with Gasteiger partial charge in [-0.05, 0) is 24.0 Å². The number of nitrogens with zero attached hydrogens (tertiary/aromatic N) is 4. The van der Waals surface area contributed by atoms with E-state index >= 15 is 0 Å². The van der Waals surface area contributed by atoms with Crippen molar-refractivity contribution in [2.45, 2.75) is 55.3 Å². The van der Waals surface area contributed by atoms with Gasteiger partial charge in [0.1, 0.15) is 23.5 Å². The summed E-state index contributed by atoms with van der Waals surface area (Å²) in [5, 5.41) is 38.1. The first-order valence-corrected chi connectivity index (χ1v) is 13.0. The van der Waals surface area contributed by atoms with E-state index in [1.54, 1.807) is 12.1 Å². The number of aliphatic imine (C=N–C) groups is 2. The number of amides is 2. The zero-order chi connectivity index (χ0) is 28.4. The second kappa shape index (κ2) is 8.82. The second-order valence-electron chi connectivity index (χ2n) is 11.1. The number of ether oxygens (including phenoxy) is 1. The van der Waals surface area contributed by atoms with Crippen LogP contribution in [-0.4, -0.2) is 98.3 Å². The van der Waals surface area contributed by atoms with Crippen LogP contribution in [0.2, 0.25) is 0 Å². The average molecular weight is 553 g/mol. The van der Waals surface area contributed by atoms with E-state index in [0.29, 0.717) is 12.4 Å². The Morgan fingerprint density at radius 3 is 2.75 bits per heavy atom. The Hall–Kier alpha value is -4.37. The van der Waals surface area contributed by atoms with Gasteiger partial charge in [0, 0.05) is 24.8 Å². The lowest BCUT2D eigenvalue weighted by atomic mass is 9.79. The van der Waals surface area contributed by atoms with Gasteiger partial charge in [-0.25, -0.2) is 9.98 Å². The molecule has 4 aliphatic rings. The molecule has 2 aromatic rings. The Labute approximate surface area is 229 Å². The molecule has 4 aliphatic heterocycles. The zero-order valence-corrected chi connectivity index (χ0v) is 22.0. The summed E-state index contributed by atoms with van der Waals surface area (Å²) in [5.41, 5.74) is 11.9. The Bertz CT molecular complexity index is 1420. The SMILES string of the molecule is CC1(C)CCOc2c(C(=O)NC3CN4C(N)=N[C@@H](CNC(=O)c5ccn[nH]5)[C@@H]5N=C(N)N[C@@]54C3(O)O)cccc21. The van der Waals surface area contributed by atoms with Crippen LogP contribution in [0.15, 0.2) is 40.4 Å². The molecule has 1 unspecified atom stereocenters. The van der Waals surface area contributed by atoms with Crippen LogP contribution in [0.5, 0.6) is 5.75 Å². The molecule has 0 bridgehead atoms. The highest BCUT2D eigenvalue weighted by atomic mass is 16.5. The van der Waals surface area contributed by atoms with Gasteiger partial charge in [0.2, 0.25) is 5.79 Å². The maximum Gasteiger partial charge on any atom is 0.269 e. The Morgan fingerprint density at radius 1 is 1.20 bits per heavy atom. The molecule has 4 atom stereocenters. The van der Waals surface area contributed by atoms with Crippen LogP contribution in [0, 0.1) is 0 Å². The molecule has 15 nitrogen and oxygen atoms in total. The molecule has 0 aliphatic carbocycles. The van der Waals surface area contributed by atoms with E-state index in [1.165, 1.54) is 17.2 Å². The Balaban J connectivity index is 1.27. The summed E-state index contributed by atoms with van der Waals surface area (Å²) in [7, 11) is 0. The van der Waals surface area contributed by atoms with E-state index in [2.05, 4.69) is 50.0 Å². The number of carbonyl (C=O) groups is 2. The number of guanidine groups is 2. The van der Waals surface area contributed by atoms with Gasteiger partial charge in [-0.2, -0.15) is 5.10 Å². The van der Waals surface area contributed by atoms with Crippen molar-refractivity contribution < 1.29 is 24.5 Å². The molecule has 1 spiro atoms. The van der Waals surface area contributed by atoms with Gasteiger partial charge in [-0.1, -0.05) is 26.0 Å². The summed E-state index contributed by atoms with van der Waals surface area (Å²) in [4.78, 5) is 36.4. The molecule has 10 N–H and O–H groups in total. The molecule has 1 aromatic heterocycles. The summed E-state index contributed by atoms with van der Waals surface area (Å²) in [6.45, 7) is 4.50. The largest absolute Gasteiger partial charge is 0.492 e. The van der Waals surface area contributed by atoms with Gasteiger partial charge in [0.15, 0.2) is 17.6 Å². The van der Waals surface area contributed by atoms with Crippen molar-refractivity contribution in [3.63, 3.8) is 0 Å². The van der Waals surface area contributed by atoms with E-state index in [1.807, 2.05) is 6.07 Å². The number of fused-ring (bicyclic) bond motifs is 1. The van der Waals surface area contributed by atoms with E-state index in [-0.39, 0.29) is 41.7 Å². The van der Waals surface area contributed by atoms with Crippen LogP contribution < -0.4 is 32.2 Å².